The Bertz CT molecular complexity index is 179. The van der Waals surface area contributed by atoms with Gasteiger partial charge in [-0.1, -0.05) is 32.9 Å². The highest BCUT2D eigenvalue weighted by Crippen LogP contribution is 2.49. The fourth-order valence-corrected chi connectivity index (χ4v) is 1.62. The number of hydrogen-bond acceptors (Lipinski definition) is 1. The molecule has 0 aromatic rings. The van der Waals surface area contributed by atoms with Crippen molar-refractivity contribution in [3.05, 3.63) is 19.1 Å². The van der Waals surface area contributed by atoms with E-state index in [4.69, 9.17) is 0 Å². The number of aliphatic hydroxyl groups is 1. The van der Waals surface area contributed by atoms with E-state index < -0.39 is 6.10 Å². The van der Waals surface area contributed by atoms with Gasteiger partial charge in [0.1, 0.15) is 0 Å². The second-order valence-corrected chi connectivity index (χ2v) is 4.26. The molecule has 2 atom stereocenters. The van der Waals surface area contributed by atoms with Gasteiger partial charge in [0.15, 0.2) is 0 Å². The van der Waals surface area contributed by atoms with E-state index in [1.807, 2.05) is 0 Å². The van der Waals surface area contributed by atoms with Crippen LogP contribution in [0.4, 0.5) is 0 Å². The lowest BCUT2D eigenvalue weighted by Crippen LogP contribution is -2.39. The van der Waals surface area contributed by atoms with E-state index >= 15 is 0 Å². The van der Waals surface area contributed by atoms with Crippen LogP contribution in [0.3, 0.4) is 0 Å². The average Bonchev–Trinajstić information content (AvgIpc) is 2.09. The van der Waals surface area contributed by atoms with Crippen LogP contribution >= 0.6 is 0 Å². The minimum absolute atomic E-state index is 0.0764. The molecular weight excluding hydrogens is 136 g/mol. The van der Waals surface area contributed by atoms with Crippen LogP contribution in [0.1, 0.15) is 27.2 Å². The molecule has 0 saturated heterocycles. The summed E-state index contributed by atoms with van der Waals surface area (Å²) in [6.07, 6.45) is 4.76. The first-order valence-corrected chi connectivity index (χ1v) is 4.09. The maximum absolute atomic E-state index is 9.50. The predicted octanol–water partition coefficient (Wildman–Crippen LogP) is 2.17. The number of hydrogen-bond donors (Lipinski definition) is 1. The van der Waals surface area contributed by atoms with Gasteiger partial charge in [0.05, 0.1) is 6.10 Å². The molecule has 0 aromatic carbocycles. The Morgan fingerprint density at radius 1 is 1.45 bits per heavy atom. The van der Waals surface area contributed by atoms with Crippen molar-refractivity contribution in [3.8, 4) is 0 Å². The summed E-state index contributed by atoms with van der Waals surface area (Å²) >= 11 is 0. The Morgan fingerprint density at radius 2 is 2.00 bits per heavy atom. The molecule has 1 aliphatic rings. The van der Waals surface area contributed by atoms with Crippen molar-refractivity contribution in [3.63, 3.8) is 0 Å². The zero-order valence-electron chi connectivity index (χ0n) is 7.59. The van der Waals surface area contributed by atoms with Crippen LogP contribution in [0.25, 0.3) is 0 Å². The van der Waals surface area contributed by atoms with Gasteiger partial charge in [-0.05, 0) is 18.8 Å². The van der Waals surface area contributed by atoms with Gasteiger partial charge < -0.3 is 5.11 Å². The van der Waals surface area contributed by atoms with Crippen LogP contribution in [-0.4, -0.2) is 11.2 Å². The highest BCUT2D eigenvalue weighted by atomic mass is 16.3. The maximum atomic E-state index is 9.50. The smallest absolute Gasteiger partial charge is 0.0605 e. The van der Waals surface area contributed by atoms with Gasteiger partial charge in [-0.3, -0.25) is 0 Å². The SMILES string of the molecule is [CH2]C(O)C1(C)CC=CC1(C)C. The summed E-state index contributed by atoms with van der Waals surface area (Å²) in [6.45, 7) is 10.1. The fourth-order valence-electron chi connectivity index (χ4n) is 1.62. The summed E-state index contributed by atoms with van der Waals surface area (Å²) in [5.74, 6) is 0. The fraction of sp³-hybridized carbons (Fsp3) is 0.700. The van der Waals surface area contributed by atoms with Crippen molar-refractivity contribution < 1.29 is 5.11 Å². The molecule has 63 valence electrons. The van der Waals surface area contributed by atoms with Crippen molar-refractivity contribution in [1.82, 2.24) is 0 Å². The summed E-state index contributed by atoms with van der Waals surface area (Å²) in [5, 5.41) is 9.50. The maximum Gasteiger partial charge on any atom is 0.0605 e. The Balaban J connectivity index is 2.90. The molecule has 11 heavy (non-hydrogen) atoms. The molecule has 0 saturated carbocycles. The molecule has 0 amide bonds. The zero-order valence-corrected chi connectivity index (χ0v) is 7.59. The molecule has 1 radical (unpaired) electrons. The number of allylic oxidation sites excluding steroid dienone is 2. The van der Waals surface area contributed by atoms with Crippen molar-refractivity contribution in [2.45, 2.75) is 33.3 Å². The highest BCUT2D eigenvalue weighted by Gasteiger charge is 2.45. The van der Waals surface area contributed by atoms with Gasteiger partial charge in [-0.2, -0.15) is 0 Å². The highest BCUT2D eigenvalue weighted by molar-refractivity contribution is 5.15. The van der Waals surface area contributed by atoms with Gasteiger partial charge in [0, 0.05) is 5.41 Å². The molecule has 1 N–H and O–H groups in total. The van der Waals surface area contributed by atoms with E-state index in [-0.39, 0.29) is 10.8 Å². The Hall–Kier alpha value is -0.300. The second kappa shape index (κ2) is 2.34. The topological polar surface area (TPSA) is 20.2 Å². The normalized spacial score (nSPS) is 37.5. The molecule has 0 aromatic heterocycles. The van der Waals surface area contributed by atoms with Gasteiger partial charge in [0.25, 0.3) is 0 Å². The Labute approximate surface area is 69.1 Å². The minimum atomic E-state index is -0.479. The van der Waals surface area contributed by atoms with Crippen LogP contribution in [0.5, 0.6) is 0 Å². The van der Waals surface area contributed by atoms with Gasteiger partial charge in [-0.15, -0.1) is 0 Å². The van der Waals surface area contributed by atoms with Crippen LogP contribution in [-0.2, 0) is 0 Å². The largest absolute Gasteiger partial charge is 0.393 e. The molecule has 1 nitrogen and oxygen atoms in total. The molecule has 1 heteroatoms. The van der Waals surface area contributed by atoms with Gasteiger partial charge in [0.2, 0.25) is 0 Å². The van der Waals surface area contributed by atoms with E-state index in [0.29, 0.717) is 0 Å². The van der Waals surface area contributed by atoms with Crippen molar-refractivity contribution in [2.75, 3.05) is 0 Å². The standard InChI is InChI=1S/C10H17O/c1-8(11)10(4)7-5-6-9(10,2)3/h5-6,8,11H,1,7H2,2-4H3. The van der Waals surface area contributed by atoms with Crippen molar-refractivity contribution in [1.29, 1.82) is 0 Å². The molecule has 2 unspecified atom stereocenters. The summed E-state index contributed by atoms with van der Waals surface area (Å²) in [5.41, 5.74) is 0.00116. The quantitative estimate of drug-likeness (QED) is 0.572. The van der Waals surface area contributed by atoms with E-state index in [9.17, 15) is 5.11 Å². The third-order valence-corrected chi connectivity index (χ3v) is 3.28. The van der Waals surface area contributed by atoms with E-state index in [1.54, 1.807) is 0 Å². The number of aliphatic hydroxyl groups excluding tert-OH is 1. The minimum Gasteiger partial charge on any atom is -0.393 e. The van der Waals surface area contributed by atoms with Gasteiger partial charge >= 0.3 is 0 Å². The van der Waals surface area contributed by atoms with Crippen LogP contribution < -0.4 is 0 Å². The van der Waals surface area contributed by atoms with Crippen LogP contribution in [0.15, 0.2) is 12.2 Å². The first kappa shape index (κ1) is 8.79. The number of rotatable bonds is 1. The molecule has 0 heterocycles. The molecular formula is C10H17O. The summed E-state index contributed by atoms with van der Waals surface area (Å²) in [6, 6.07) is 0. The van der Waals surface area contributed by atoms with Crippen molar-refractivity contribution >= 4 is 0 Å². The van der Waals surface area contributed by atoms with Crippen LogP contribution in [0, 0.1) is 17.8 Å². The Kier molecular flexibility index (Phi) is 1.87. The predicted molar refractivity (Wildman–Crippen MR) is 47.0 cm³/mol. The Morgan fingerprint density at radius 3 is 2.18 bits per heavy atom. The second-order valence-electron chi connectivity index (χ2n) is 4.26. The average molecular weight is 153 g/mol. The van der Waals surface area contributed by atoms with E-state index in [2.05, 4.69) is 39.8 Å². The molecule has 1 aliphatic carbocycles. The summed E-state index contributed by atoms with van der Waals surface area (Å²) in [7, 11) is 0. The molecule has 0 aliphatic heterocycles. The molecule has 0 fully saturated rings. The van der Waals surface area contributed by atoms with Gasteiger partial charge in [-0.25, -0.2) is 0 Å². The molecule has 1 rings (SSSR count). The lowest BCUT2D eigenvalue weighted by atomic mass is 9.66. The van der Waals surface area contributed by atoms with E-state index in [1.165, 1.54) is 0 Å². The molecule has 0 spiro atoms. The third kappa shape index (κ3) is 1.12. The monoisotopic (exact) mass is 153 g/mol. The lowest BCUT2D eigenvalue weighted by molar-refractivity contribution is 0.0125. The third-order valence-electron chi connectivity index (χ3n) is 3.28. The first-order valence-electron chi connectivity index (χ1n) is 4.09. The van der Waals surface area contributed by atoms with Crippen molar-refractivity contribution in [2.24, 2.45) is 10.8 Å². The van der Waals surface area contributed by atoms with Crippen LogP contribution in [0.2, 0.25) is 0 Å². The summed E-state index contributed by atoms with van der Waals surface area (Å²) < 4.78 is 0. The first-order chi connectivity index (χ1) is 4.90. The molecule has 0 bridgehead atoms. The zero-order chi connectivity index (χ0) is 8.70. The lowest BCUT2D eigenvalue weighted by Gasteiger charge is -2.40. The van der Waals surface area contributed by atoms with E-state index in [0.717, 1.165) is 6.42 Å². The summed E-state index contributed by atoms with van der Waals surface area (Å²) in [4.78, 5) is 0.